The molecule has 2 rings (SSSR count). The van der Waals surface area contributed by atoms with Crippen LogP contribution in [0.3, 0.4) is 0 Å². The third kappa shape index (κ3) is 3.30. The van der Waals surface area contributed by atoms with E-state index in [1.54, 1.807) is 0 Å². The summed E-state index contributed by atoms with van der Waals surface area (Å²) in [5, 5.41) is 0. The lowest BCUT2D eigenvalue weighted by atomic mass is 9.85. The molecule has 1 aromatic rings. The number of hydrogen-bond donors (Lipinski definition) is 1. The Bertz CT molecular complexity index is 579. The van der Waals surface area contributed by atoms with Crippen molar-refractivity contribution in [1.29, 1.82) is 0 Å². The van der Waals surface area contributed by atoms with Crippen LogP contribution in [0.4, 0.5) is 10.1 Å². The van der Waals surface area contributed by atoms with Crippen molar-refractivity contribution in [1.82, 2.24) is 4.31 Å². The Hall–Kier alpha value is -1.14. The molecule has 1 aromatic carbocycles. The van der Waals surface area contributed by atoms with Crippen LogP contribution in [0.2, 0.25) is 0 Å². The minimum Gasteiger partial charge on any atom is -0.399 e. The van der Waals surface area contributed by atoms with Crippen molar-refractivity contribution < 1.29 is 12.8 Å². The third-order valence-corrected chi connectivity index (χ3v) is 5.71. The van der Waals surface area contributed by atoms with Gasteiger partial charge in [-0.25, -0.2) is 12.8 Å². The van der Waals surface area contributed by atoms with Gasteiger partial charge in [0.2, 0.25) is 10.0 Å². The van der Waals surface area contributed by atoms with E-state index in [9.17, 15) is 12.8 Å². The second-order valence-corrected chi connectivity index (χ2v) is 8.08. The molecule has 0 bridgehead atoms. The smallest absolute Gasteiger partial charge is 0.243 e. The van der Waals surface area contributed by atoms with Crippen molar-refractivity contribution >= 4 is 15.7 Å². The average molecular weight is 300 g/mol. The molecule has 112 valence electrons. The van der Waals surface area contributed by atoms with Gasteiger partial charge in [-0.15, -0.1) is 0 Å². The van der Waals surface area contributed by atoms with Crippen molar-refractivity contribution in [2.24, 2.45) is 5.41 Å². The first-order valence-electron chi connectivity index (χ1n) is 6.77. The van der Waals surface area contributed by atoms with Crippen LogP contribution in [-0.4, -0.2) is 25.8 Å². The van der Waals surface area contributed by atoms with E-state index in [1.165, 1.54) is 10.4 Å². The first kappa shape index (κ1) is 15.3. The van der Waals surface area contributed by atoms with Gasteiger partial charge in [0.15, 0.2) is 0 Å². The van der Waals surface area contributed by atoms with Crippen LogP contribution < -0.4 is 5.73 Å². The van der Waals surface area contributed by atoms with Gasteiger partial charge in [-0.3, -0.25) is 0 Å². The van der Waals surface area contributed by atoms with Crippen molar-refractivity contribution in [3.8, 4) is 0 Å². The zero-order valence-electron chi connectivity index (χ0n) is 11.9. The minimum absolute atomic E-state index is 0.0605. The van der Waals surface area contributed by atoms with Crippen LogP contribution >= 0.6 is 0 Å². The van der Waals surface area contributed by atoms with E-state index in [2.05, 4.69) is 13.8 Å². The Morgan fingerprint density at radius 3 is 2.55 bits per heavy atom. The lowest BCUT2D eigenvalue weighted by Crippen LogP contribution is -2.32. The number of nitrogen functional groups attached to an aromatic ring is 1. The molecule has 1 heterocycles. The second kappa shape index (κ2) is 5.33. The van der Waals surface area contributed by atoms with E-state index >= 15 is 0 Å². The maximum Gasteiger partial charge on any atom is 0.243 e. The van der Waals surface area contributed by atoms with E-state index in [4.69, 9.17) is 5.73 Å². The number of sulfonamides is 1. The molecule has 0 atom stereocenters. The largest absolute Gasteiger partial charge is 0.399 e. The van der Waals surface area contributed by atoms with Gasteiger partial charge >= 0.3 is 0 Å². The number of nitrogens with two attached hydrogens (primary N) is 1. The summed E-state index contributed by atoms with van der Waals surface area (Å²) in [5.74, 6) is -0.626. The average Bonchev–Trinajstić information content (AvgIpc) is 2.49. The molecule has 0 unspecified atom stereocenters. The van der Waals surface area contributed by atoms with E-state index < -0.39 is 15.8 Å². The molecule has 4 nitrogen and oxygen atoms in total. The zero-order chi connectivity index (χ0) is 15.0. The van der Waals surface area contributed by atoms with Gasteiger partial charge in [0.25, 0.3) is 0 Å². The lowest BCUT2D eigenvalue weighted by Gasteiger charge is -2.23. The summed E-state index contributed by atoms with van der Waals surface area (Å²) in [7, 11) is -3.67. The van der Waals surface area contributed by atoms with Crippen molar-refractivity contribution in [3.05, 3.63) is 24.0 Å². The first-order valence-corrected chi connectivity index (χ1v) is 8.21. The Balaban J connectivity index is 2.30. The molecule has 1 saturated heterocycles. The molecule has 0 saturated carbocycles. The summed E-state index contributed by atoms with van der Waals surface area (Å²) in [5.41, 5.74) is 5.80. The fourth-order valence-corrected chi connectivity index (χ4v) is 4.07. The SMILES string of the molecule is CC1(C)CCCN(S(=O)(=O)c2cc(N)cc(F)c2)CC1. The van der Waals surface area contributed by atoms with Gasteiger partial charge in [0.1, 0.15) is 5.82 Å². The predicted molar refractivity (Wildman–Crippen MR) is 77.2 cm³/mol. The number of anilines is 1. The van der Waals surface area contributed by atoms with E-state index in [0.29, 0.717) is 13.1 Å². The van der Waals surface area contributed by atoms with Gasteiger partial charge in [-0.2, -0.15) is 4.31 Å². The number of benzene rings is 1. The van der Waals surface area contributed by atoms with Gasteiger partial charge in [0, 0.05) is 18.8 Å². The van der Waals surface area contributed by atoms with E-state index in [0.717, 1.165) is 31.4 Å². The fraction of sp³-hybridized carbons (Fsp3) is 0.571. The molecule has 0 aliphatic carbocycles. The molecule has 0 aromatic heterocycles. The summed E-state index contributed by atoms with van der Waals surface area (Å²) < 4.78 is 39.9. The number of nitrogens with zero attached hydrogens (tertiary/aromatic N) is 1. The maximum absolute atomic E-state index is 13.4. The highest BCUT2D eigenvalue weighted by molar-refractivity contribution is 7.89. The van der Waals surface area contributed by atoms with Crippen molar-refractivity contribution in [2.75, 3.05) is 18.8 Å². The summed E-state index contributed by atoms with van der Waals surface area (Å²) in [6, 6.07) is 3.46. The Morgan fingerprint density at radius 1 is 1.20 bits per heavy atom. The standard InChI is InChI=1S/C14H21FN2O2S/c1-14(2)4-3-6-17(7-5-14)20(18,19)13-9-11(15)8-12(16)10-13/h8-10H,3-7,16H2,1-2H3. The Morgan fingerprint density at radius 2 is 1.90 bits per heavy atom. The number of hydrogen-bond acceptors (Lipinski definition) is 3. The fourth-order valence-electron chi connectivity index (χ4n) is 2.52. The summed E-state index contributed by atoms with van der Waals surface area (Å²) in [6.45, 7) is 5.22. The van der Waals surface area contributed by atoms with Crippen LogP contribution in [0.1, 0.15) is 33.1 Å². The highest BCUT2D eigenvalue weighted by atomic mass is 32.2. The maximum atomic E-state index is 13.4. The molecule has 0 radical (unpaired) electrons. The van der Waals surface area contributed by atoms with Crippen LogP contribution in [0.15, 0.2) is 23.1 Å². The highest BCUT2D eigenvalue weighted by Gasteiger charge is 2.30. The van der Waals surface area contributed by atoms with E-state index in [-0.39, 0.29) is 16.0 Å². The van der Waals surface area contributed by atoms with Gasteiger partial charge < -0.3 is 5.73 Å². The summed E-state index contributed by atoms with van der Waals surface area (Å²) in [4.78, 5) is -0.0605. The molecule has 1 aliphatic heterocycles. The minimum atomic E-state index is -3.67. The topological polar surface area (TPSA) is 63.4 Å². The van der Waals surface area contributed by atoms with Crippen molar-refractivity contribution in [3.63, 3.8) is 0 Å². The Labute approximate surface area is 119 Å². The molecule has 6 heteroatoms. The molecule has 20 heavy (non-hydrogen) atoms. The third-order valence-electron chi connectivity index (χ3n) is 3.83. The normalized spacial score (nSPS) is 20.6. The van der Waals surface area contributed by atoms with Crippen molar-refractivity contribution in [2.45, 2.75) is 38.0 Å². The lowest BCUT2D eigenvalue weighted by molar-refractivity contribution is 0.315. The zero-order valence-corrected chi connectivity index (χ0v) is 12.7. The summed E-state index contributed by atoms with van der Waals surface area (Å²) in [6.07, 6.45) is 2.61. The van der Waals surface area contributed by atoms with Gasteiger partial charge in [-0.05, 0) is 42.9 Å². The molecular weight excluding hydrogens is 279 g/mol. The van der Waals surface area contributed by atoms with Crippen LogP contribution in [-0.2, 0) is 10.0 Å². The second-order valence-electron chi connectivity index (χ2n) is 6.14. The first-order chi connectivity index (χ1) is 9.21. The number of rotatable bonds is 2. The predicted octanol–water partition coefficient (Wildman–Crippen LogP) is 2.61. The van der Waals surface area contributed by atoms with Crippen LogP contribution in [0, 0.1) is 11.2 Å². The molecular formula is C14H21FN2O2S. The number of halogens is 1. The molecule has 2 N–H and O–H groups in total. The van der Waals surface area contributed by atoms with Crippen LogP contribution in [0.5, 0.6) is 0 Å². The Kier molecular flexibility index (Phi) is 4.07. The van der Waals surface area contributed by atoms with Gasteiger partial charge in [-0.1, -0.05) is 13.8 Å². The molecule has 0 amide bonds. The monoisotopic (exact) mass is 300 g/mol. The van der Waals surface area contributed by atoms with Gasteiger partial charge in [0.05, 0.1) is 4.90 Å². The summed E-state index contributed by atoms with van der Waals surface area (Å²) >= 11 is 0. The molecule has 1 fully saturated rings. The molecule has 1 aliphatic rings. The van der Waals surface area contributed by atoms with Crippen LogP contribution in [0.25, 0.3) is 0 Å². The van der Waals surface area contributed by atoms with E-state index in [1.807, 2.05) is 0 Å². The molecule has 0 spiro atoms. The quantitative estimate of drug-likeness (QED) is 0.854. The highest BCUT2D eigenvalue weighted by Crippen LogP contribution is 2.32.